The minimum absolute atomic E-state index is 0.302. The minimum atomic E-state index is -0.334. The number of carbonyl (C=O) groups excluding carboxylic acids is 2. The van der Waals surface area contributed by atoms with E-state index in [1.54, 1.807) is 42.5 Å². The Kier molecular flexibility index (Phi) is 4.87. The largest absolute Gasteiger partial charge is 0.486 e. The van der Waals surface area contributed by atoms with Crippen molar-refractivity contribution < 1.29 is 19.1 Å². The maximum Gasteiger partial charge on any atom is 0.282 e. The number of benzene rings is 2. The maximum atomic E-state index is 13.5. The number of nitrogens with zero attached hydrogens (tertiary/aromatic N) is 2. The molecule has 0 unspecified atom stereocenters. The van der Waals surface area contributed by atoms with Gasteiger partial charge < -0.3 is 14.4 Å². The van der Waals surface area contributed by atoms with Crippen LogP contribution in [0.25, 0.3) is 5.57 Å². The Hall–Kier alpha value is -2.99. The first-order chi connectivity index (χ1) is 14.6. The molecule has 2 aromatic rings. The molecule has 0 aromatic heterocycles. The van der Waals surface area contributed by atoms with E-state index < -0.39 is 0 Å². The zero-order chi connectivity index (χ0) is 20.7. The van der Waals surface area contributed by atoms with Gasteiger partial charge in [0, 0.05) is 24.2 Å². The van der Waals surface area contributed by atoms with Crippen LogP contribution < -0.4 is 14.4 Å². The molecule has 0 N–H and O–H groups in total. The van der Waals surface area contributed by atoms with Gasteiger partial charge >= 0.3 is 0 Å². The van der Waals surface area contributed by atoms with Gasteiger partial charge in [-0.25, -0.2) is 4.90 Å². The van der Waals surface area contributed by atoms with Crippen LogP contribution in [0.2, 0.25) is 5.02 Å². The molecule has 2 amide bonds. The Balaban J connectivity index is 1.58. The van der Waals surface area contributed by atoms with Gasteiger partial charge in [0.05, 0.1) is 11.3 Å². The molecule has 0 saturated carbocycles. The van der Waals surface area contributed by atoms with E-state index in [0.29, 0.717) is 52.3 Å². The molecule has 0 radical (unpaired) electrons. The number of fused-ring (bicyclic) bond motifs is 1. The topological polar surface area (TPSA) is 59.1 Å². The van der Waals surface area contributed by atoms with Gasteiger partial charge in [0.25, 0.3) is 11.8 Å². The smallest absolute Gasteiger partial charge is 0.282 e. The van der Waals surface area contributed by atoms with Crippen molar-refractivity contribution in [3.05, 3.63) is 58.7 Å². The van der Waals surface area contributed by atoms with E-state index in [-0.39, 0.29) is 11.8 Å². The molecule has 1 fully saturated rings. The van der Waals surface area contributed by atoms with Crippen LogP contribution in [0.15, 0.2) is 48.2 Å². The van der Waals surface area contributed by atoms with Crippen molar-refractivity contribution >= 4 is 34.7 Å². The Labute approximate surface area is 179 Å². The highest BCUT2D eigenvalue weighted by Gasteiger charge is 2.43. The van der Waals surface area contributed by atoms with Gasteiger partial charge in [-0.3, -0.25) is 9.59 Å². The second kappa shape index (κ2) is 7.69. The summed E-state index contributed by atoms with van der Waals surface area (Å²) in [6.07, 6.45) is 3.14. The lowest BCUT2D eigenvalue weighted by Gasteiger charge is -2.29. The van der Waals surface area contributed by atoms with E-state index in [2.05, 4.69) is 0 Å². The number of halogens is 1. The molecule has 6 nitrogen and oxygen atoms in total. The van der Waals surface area contributed by atoms with E-state index >= 15 is 0 Å². The van der Waals surface area contributed by atoms with E-state index in [1.165, 1.54) is 4.90 Å². The standard InChI is InChI=1S/C23H21ClN2O4/c24-16-6-4-15(5-7-16)20-21(25-10-2-1-3-11-25)23(28)26(22(20)27)17-8-9-18-19(14-17)30-13-12-29-18/h4-9,14H,1-3,10-13H2. The van der Waals surface area contributed by atoms with Gasteiger partial charge in [-0.1, -0.05) is 23.7 Å². The molecule has 154 valence electrons. The van der Waals surface area contributed by atoms with Crippen molar-refractivity contribution in [2.24, 2.45) is 0 Å². The van der Waals surface area contributed by atoms with Gasteiger partial charge in [-0.15, -0.1) is 0 Å². The molecule has 0 atom stereocenters. The summed E-state index contributed by atoms with van der Waals surface area (Å²) in [6.45, 7) is 2.45. The molecule has 0 spiro atoms. The number of piperidine rings is 1. The van der Waals surface area contributed by atoms with Crippen molar-refractivity contribution in [2.75, 3.05) is 31.2 Å². The molecule has 1 saturated heterocycles. The summed E-state index contributed by atoms with van der Waals surface area (Å²) in [5, 5.41) is 0.583. The van der Waals surface area contributed by atoms with Gasteiger partial charge in [0.15, 0.2) is 11.5 Å². The third kappa shape index (κ3) is 3.21. The van der Waals surface area contributed by atoms with Crippen molar-refractivity contribution in [1.82, 2.24) is 4.90 Å². The zero-order valence-corrected chi connectivity index (χ0v) is 17.2. The summed E-state index contributed by atoms with van der Waals surface area (Å²) >= 11 is 6.05. The molecule has 3 heterocycles. The number of hydrogen-bond donors (Lipinski definition) is 0. The molecular formula is C23H21ClN2O4. The normalized spacial score (nSPS) is 19.0. The van der Waals surface area contributed by atoms with Crippen LogP contribution in [-0.2, 0) is 9.59 Å². The molecule has 3 aliphatic heterocycles. The number of amides is 2. The highest BCUT2D eigenvalue weighted by molar-refractivity contribution is 6.45. The van der Waals surface area contributed by atoms with Gasteiger partial charge in [0.1, 0.15) is 18.9 Å². The average molecular weight is 425 g/mol. The van der Waals surface area contributed by atoms with Crippen molar-refractivity contribution in [3.8, 4) is 11.5 Å². The molecule has 3 aliphatic rings. The second-order valence-corrected chi connectivity index (χ2v) is 7.99. The number of rotatable bonds is 3. The molecule has 2 aromatic carbocycles. The highest BCUT2D eigenvalue weighted by atomic mass is 35.5. The first-order valence-electron chi connectivity index (χ1n) is 10.2. The fourth-order valence-corrected chi connectivity index (χ4v) is 4.34. The first-order valence-corrected chi connectivity index (χ1v) is 10.5. The Bertz CT molecular complexity index is 1040. The van der Waals surface area contributed by atoms with E-state index in [1.807, 2.05) is 4.90 Å². The Morgan fingerprint density at radius 1 is 0.800 bits per heavy atom. The van der Waals surface area contributed by atoms with E-state index in [0.717, 1.165) is 32.4 Å². The number of anilines is 1. The fourth-order valence-electron chi connectivity index (χ4n) is 4.21. The van der Waals surface area contributed by atoms with Crippen LogP contribution in [0.4, 0.5) is 5.69 Å². The summed E-state index contributed by atoms with van der Waals surface area (Å²) < 4.78 is 11.2. The predicted molar refractivity (Wildman–Crippen MR) is 114 cm³/mol. The minimum Gasteiger partial charge on any atom is -0.486 e. The first kappa shape index (κ1) is 19.0. The van der Waals surface area contributed by atoms with E-state index in [9.17, 15) is 9.59 Å². The lowest BCUT2D eigenvalue weighted by molar-refractivity contribution is -0.120. The summed E-state index contributed by atoms with van der Waals surface area (Å²) in [6, 6.07) is 12.2. The molecule has 0 bridgehead atoms. The quantitative estimate of drug-likeness (QED) is 0.700. The average Bonchev–Trinajstić information content (AvgIpc) is 3.04. The third-order valence-corrected chi connectivity index (χ3v) is 5.90. The van der Waals surface area contributed by atoms with Gasteiger partial charge in [-0.05, 0) is 49.1 Å². The van der Waals surface area contributed by atoms with Gasteiger partial charge in [-0.2, -0.15) is 0 Å². The van der Waals surface area contributed by atoms with Crippen LogP contribution >= 0.6 is 11.6 Å². The number of likely N-dealkylation sites (tertiary alicyclic amines) is 1. The van der Waals surface area contributed by atoms with Crippen molar-refractivity contribution in [2.45, 2.75) is 19.3 Å². The summed E-state index contributed by atoms with van der Waals surface area (Å²) in [5.74, 6) is 0.521. The predicted octanol–water partition coefficient (Wildman–Crippen LogP) is 3.88. The second-order valence-electron chi connectivity index (χ2n) is 7.55. The molecule has 5 rings (SSSR count). The summed E-state index contributed by atoms with van der Waals surface area (Å²) in [4.78, 5) is 30.4. The molecular weight excluding hydrogens is 404 g/mol. The molecule has 30 heavy (non-hydrogen) atoms. The molecule has 0 aliphatic carbocycles. The van der Waals surface area contributed by atoms with Crippen LogP contribution in [0.1, 0.15) is 24.8 Å². The highest BCUT2D eigenvalue weighted by Crippen LogP contribution is 2.39. The van der Waals surface area contributed by atoms with E-state index in [4.69, 9.17) is 21.1 Å². The zero-order valence-electron chi connectivity index (χ0n) is 16.4. The number of carbonyl (C=O) groups is 2. The van der Waals surface area contributed by atoms with Crippen LogP contribution in [0.3, 0.4) is 0 Å². The van der Waals surface area contributed by atoms with Crippen molar-refractivity contribution in [1.29, 1.82) is 0 Å². The third-order valence-electron chi connectivity index (χ3n) is 5.65. The molecule has 7 heteroatoms. The lowest BCUT2D eigenvalue weighted by Crippen LogP contribution is -2.37. The lowest BCUT2D eigenvalue weighted by atomic mass is 10.0. The number of ether oxygens (including phenoxy) is 2. The fraction of sp³-hybridized carbons (Fsp3) is 0.304. The Morgan fingerprint density at radius 2 is 1.50 bits per heavy atom. The summed E-state index contributed by atoms with van der Waals surface area (Å²) in [7, 11) is 0. The van der Waals surface area contributed by atoms with Crippen molar-refractivity contribution in [3.63, 3.8) is 0 Å². The monoisotopic (exact) mass is 424 g/mol. The summed E-state index contributed by atoms with van der Waals surface area (Å²) in [5.41, 5.74) is 2.07. The SMILES string of the molecule is O=C1C(c2ccc(Cl)cc2)=C(N2CCCCC2)C(=O)N1c1ccc2c(c1)OCCO2. The maximum absolute atomic E-state index is 13.5. The van der Waals surface area contributed by atoms with Crippen LogP contribution in [0.5, 0.6) is 11.5 Å². The van der Waals surface area contributed by atoms with Crippen LogP contribution in [-0.4, -0.2) is 43.0 Å². The Morgan fingerprint density at radius 3 is 2.23 bits per heavy atom. The van der Waals surface area contributed by atoms with Crippen LogP contribution in [0, 0.1) is 0 Å². The number of hydrogen-bond acceptors (Lipinski definition) is 5. The van der Waals surface area contributed by atoms with Gasteiger partial charge in [0.2, 0.25) is 0 Å². The number of imide groups is 1.